The smallest absolute Gasteiger partial charge is 0.161 e. The Kier molecular flexibility index (Phi) is 1.90. The van der Waals surface area contributed by atoms with E-state index in [0.29, 0.717) is 13.2 Å². The maximum absolute atomic E-state index is 5.52. The van der Waals surface area contributed by atoms with Crippen molar-refractivity contribution in [3.63, 3.8) is 0 Å². The molecule has 0 amide bonds. The molecule has 0 spiro atoms. The molecule has 0 N–H and O–H groups in total. The van der Waals surface area contributed by atoms with Crippen molar-refractivity contribution >= 4 is 0 Å². The molecule has 1 aliphatic carbocycles. The number of allylic oxidation sites excluding steroid dienone is 4. The highest BCUT2D eigenvalue weighted by atomic mass is 16.6. The van der Waals surface area contributed by atoms with E-state index < -0.39 is 0 Å². The highest BCUT2D eigenvalue weighted by Gasteiger charge is 2.17. The lowest BCUT2D eigenvalue weighted by Gasteiger charge is -2.21. The predicted octanol–water partition coefficient (Wildman–Crippen LogP) is 2.15. The molecule has 0 unspecified atom stereocenters. The van der Waals surface area contributed by atoms with Crippen molar-refractivity contribution in [2.75, 3.05) is 13.2 Å². The highest BCUT2D eigenvalue weighted by Crippen LogP contribution is 2.25. The molecule has 2 heteroatoms. The minimum atomic E-state index is 0.663. The van der Waals surface area contributed by atoms with Crippen molar-refractivity contribution in [1.29, 1.82) is 0 Å². The van der Waals surface area contributed by atoms with E-state index in [4.69, 9.17) is 9.47 Å². The van der Waals surface area contributed by atoms with Crippen LogP contribution in [0.5, 0.6) is 0 Å². The fourth-order valence-electron chi connectivity index (χ4n) is 1.38. The molecule has 1 heterocycles. The predicted molar refractivity (Wildman–Crippen MR) is 46.4 cm³/mol. The Labute approximate surface area is 72.2 Å². The lowest BCUT2D eigenvalue weighted by atomic mass is 10.2. The molecule has 2 nitrogen and oxygen atoms in total. The van der Waals surface area contributed by atoms with Gasteiger partial charge in [-0.3, -0.25) is 0 Å². The van der Waals surface area contributed by atoms with Crippen molar-refractivity contribution in [3.8, 4) is 0 Å². The summed E-state index contributed by atoms with van der Waals surface area (Å²) in [5, 5.41) is 0. The van der Waals surface area contributed by atoms with E-state index in [1.165, 1.54) is 5.57 Å². The van der Waals surface area contributed by atoms with Crippen LogP contribution in [0.1, 0.15) is 13.3 Å². The molecule has 1 fully saturated rings. The molecular weight excluding hydrogens is 152 g/mol. The maximum Gasteiger partial charge on any atom is 0.161 e. The Bertz CT molecular complexity index is 272. The molecule has 2 rings (SSSR count). The lowest BCUT2D eigenvalue weighted by Crippen LogP contribution is -2.14. The molecule has 2 aliphatic rings. The summed E-state index contributed by atoms with van der Waals surface area (Å²) in [5.74, 6) is 1.82. The fraction of sp³-hybridized carbons (Fsp3) is 0.400. The van der Waals surface area contributed by atoms with Crippen LogP contribution in [0.2, 0.25) is 0 Å². The van der Waals surface area contributed by atoms with Crippen LogP contribution in [0.15, 0.2) is 35.3 Å². The average Bonchev–Trinajstić information content (AvgIpc) is 2.29. The maximum atomic E-state index is 5.52. The summed E-state index contributed by atoms with van der Waals surface area (Å²) in [5.41, 5.74) is 1.25. The molecule has 1 aliphatic heterocycles. The third-order valence-electron chi connectivity index (χ3n) is 2.01. The summed E-state index contributed by atoms with van der Waals surface area (Å²) < 4.78 is 11.0. The number of fused-ring (bicyclic) bond motifs is 1. The van der Waals surface area contributed by atoms with Crippen molar-refractivity contribution in [3.05, 3.63) is 35.3 Å². The second-order valence-electron chi connectivity index (χ2n) is 2.97. The quantitative estimate of drug-likeness (QED) is 0.546. The van der Waals surface area contributed by atoms with Gasteiger partial charge >= 0.3 is 0 Å². The zero-order valence-corrected chi connectivity index (χ0v) is 7.17. The summed E-state index contributed by atoms with van der Waals surface area (Å²) in [6.07, 6.45) is 7.05. The van der Waals surface area contributed by atoms with E-state index >= 15 is 0 Å². The first-order valence-electron chi connectivity index (χ1n) is 4.20. The number of rotatable bonds is 0. The highest BCUT2D eigenvalue weighted by molar-refractivity contribution is 5.33. The zero-order valence-electron chi connectivity index (χ0n) is 7.17. The van der Waals surface area contributed by atoms with Crippen molar-refractivity contribution in [1.82, 2.24) is 0 Å². The molecule has 12 heavy (non-hydrogen) atoms. The zero-order chi connectivity index (χ0) is 8.39. The van der Waals surface area contributed by atoms with Crippen molar-refractivity contribution in [2.24, 2.45) is 0 Å². The second-order valence-corrected chi connectivity index (χ2v) is 2.97. The van der Waals surface area contributed by atoms with Gasteiger partial charge in [0.25, 0.3) is 0 Å². The van der Waals surface area contributed by atoms with Gasteiger partial charge in [-0.2, -0.15) is 0 Å². The van der Waals surface area contributed by atoms with Crippen LogP contribution < -0.4 is 0 Å². The molecule has 1 saturated heterocycles. The van der Waals surface area contributed by atoms with Gasteiger partial charge in [0.05, 0.1) is 0 Å². The number of ether oxygens (including phenoxy) is 2. The van der Waals surface area contributed by atoms with Gasteiger partial charge in [-0.15, -0.1) is 0 Å². The number of hydrogen-bond acceptors (Lipinski definition) is 2. The Hall–Kier alpha value is -1.18. The van der Waals surface area contributed by atoms with Gasteiger partial charge < -0.3 is 9.47 Å². The van der Waals surface area contributed by atoms with E-state index in [2.05, 4.69) is 13.0 Å². The molecule has 0 radical (unpaired) electrons. The molecule has 0 aromatic carbocycles. The average molecular weight is 164 g/mol. The molecule has 0 bridgehead atoms. The molecule has 0 aromatic rings. The Balaban J connectivity index is 2.35. The lowest BCUT2D eigenvalue weighted by molar-refractivity contribution is 0.0578. The fourth-order valence-corrected chi connectivity index (χ4v) is 1.38. The first-order valence-corrected chi connectivity index (χ1v) is 4.20. The van der Waals surface area contributed by atoms with Crippen LogP contribution in [-0.2, 0) is 9.47 Å². The standard InChI is InChI=1S/C10H12O2/c1-8-4-2-3-5-9-10(8)12-7-6-11-9/h2-3,5H,4,6-7H2,1H3. The summed E-state index contributed by atoms with van der Waals surface area (Å²) in [6, 6.07) is 0. The SMILES string of the molecule is CC1=C2OCCOC2=CC=CC1. The summed E-state index contributed by atoms with van der Waals surface area (Å²) in [7, 11) is 0. The minimum absolute atomic E-state index is 0.663. The van der Waals surface area contributed by atoms with Gasteiger partial charge in [0.2, 0.25) is 0 Å². The van der Waals surface area contributed by atoms with E-state index in [0.717, 1.165) is 17.9 Å². The molecule has 64 valence electrons. The van der Waals surface area contributed by atoms with E-state index in [-0.39, 0.29) is 0 Å². The normalized spacial score (nSPS) is 21.9. The first kappa shape index (κ1) is 7.47. The third kappa shape index (κ3) is 1.24. The first-order chi connectivity index (χ1) is 5.88. The minimum Gasteiger partial charge on any atom is -0.486 e. The number of hydrogen-bond donors (Lipinski definition) is 0. The van der Waals surface area contributed by atoms with Crippen LogP contribution in [0.25, 0.3) is 0 Å². The van der Waals surface area contributed by atoms with Gasteiger partial charge in [0, 0.05) is 0 Å². The Morgan fingerprint density at radius 3 is 3.00 bits per heavy atom. The topological polar surface area (TPSA) is 18.5 Å². The van der Waals surface area contributed by atoms with Gasteiger partial charge in [-0.25, -0.2) is 0 Å². The monoisotopic (exact) mass is 164 g/mol. The van der Waals surface area contributed by atoms with Crippen molar-refractivity contribution < 1.29 is 9.47 Å². The van der Waals surface area contributed by atoms with Crippen LogP contribution in [0.4, 0.5) is 0 Å². The largest absolute Gasteiger partial charge is 0.486 e. The van der Waals surface area contributed by atoms with E-state index in [9.17, 15) is 0 Å². The summed E-state index contributed by atoms with van der Waals surface area (Å²) in [4.78, 5) is 0. The van der Waals surface area contributed by atoms with Crippen LogP contribution in [0, 0.1) is 0 Å². The molecule has 0 atom stereocenters. The van der Waals surface area contributed by atoms with Crippen LogP contribution >= 0.6 is 0 Å². The van der Waals surface area contributed by atoms with Gasteiger partial charge in [-0.05, 0) is 25.0 Å². The molecule has 0 saturated carbocycles. The Morgan fingerprint density at radius 1 is 1.25 bits per heavy atom. The van der Waals surface area contributed by atoms with E-state index in [1.54, 1.807) is 0 Å². The Morgan fingerprint density at radius 2 is 2.08 bits per heavy atom. The van der Waals surface area contributed by atoms with Crippen LogP contribution in [0.3, 0.4) is 0 Å². The molecular formula is C10H12O2. The van der Waals surface area contributed by atoms with Gasteiger partial charge in [-0.1, -0.05) is 12.2 Å². The van der Waals surface area contributed by atoms with Gasteiger partial charge in [0.15, 0.2) is 11.5 Å². The second kappa shape index (κ2) is 3.05. The summed E-state index contributed by atoms with van der Waals surface area (Å²) in [6.45, 7) is 3.41. The van der Waals surface area contributed by atoms with Crippen molar-refractivity contribution in [2.45, 2.75) is 13.3 Å². The summed E-state index contributed by atoms with van der Waals surface area (Å²) >= 11 is 0. The van der Waals surface area contributed by atoms with E-state index in [1.807, 2.05) is 12.2 Å². The van der Waals surface area contributed by atoms with Crippen LogP contribution in [-0.4, -0.2) is 13.2 Å². The molecule has 0 aromatic heterocycles. The van der Waals surface area contributed by atoms with Gasteiger partial charge in [0.1, 0.15) is 13.2 Å². The third-order valence-corrected chi connectivity index (χ3v) is 2.01.